The standard InChI is InChI=1S/C13H21NO5S2/c15-11(8-20-10-4-7-21(18,19)9-10)14-13(12(16)17)5-2-1-3-6-13/h10H,1-9H2,(H,14,15)(H,16,17). The quantitative estimate of drug-likeness (QED) is 0.771. The van der Waals surface area contributed by atoms with Crippen LogP contribution in [0.5, 0.6) is 0 Å². The van der Waals surface area contributed by atoms with Gasteiger partial charge in [0.1, 0.15) is 5.54 Å². The van der Waals surface area contributed by atoms with Crippen molar-refractivity contribution in [1.82, 2.24) is 5.32 Å². The van der Waals surface area contributed by atoms with Crippen LogP contribution in [0.1, 0.15) is 38.5 Å². The number of nitrogens with one attached hydrogen (secondary N) is 1. The van der Waals surface area contributed by atoms with Gasteiger partial charge in [0.15, 0.2) is 9.84 Å². The van der Waals surface area contributed by atoms with Crippen LogP contribution in [0.2, 0.25) is 0 Å². The van der Waals surface area contributed by atoms with Crippen molar-refractivity contribution in [3.05, 3.63) is 0 Å². The van der Waals surface area contributed by atoms with Crippen molar-refractivity contribution in [3.8, 4) is 0 Å². The van der Waals surface area contributed by atoms with E-state index in [1.807, 2.05) is 0 Å². The minimum absolute atomic E-state index is 0.0483. The molecule has 0 spiro atoms. The number of carboxylic acid groups (broad SMARTS) is 1. The highest BCUT2D eigenvalue weighted by atomic mass is 32.2. The lowest BCUT2D eigenvalue weighted by Crippen LogP contribution is -2.56. The minimum atomic E-state index is -2.94. The number of thioether (sulfide) groups is 1. The summed E-state index contributed by atoms with van der Waals surface area (Å²) >= 11 is 1.31. The molecule has 1 aliphatic heterocycles. The molecule has 6 nitrogen and oxygen atoms in total. The number of sulfone groups is 1. The normalized spacial score (nSPS) is 27.1. The highest BCUT2D eigenvalue weighted by Crippen LogP contribution is 2.29. The number of rotatable bonds is 5. The van der Waals surface area contributed by atoms with E-state index in [-0.39, 0.29) is 28.4 Å². The van der Waals surface area contributed by atoms with Gasteiger partial charge in [0, 0.05) is 5.25 Å². The second-order valence-electron chi connectivity index (χ2n) is 5.83. The third-order valence-corrected chi connectivity index (χ3v) is 7.42. The Labute approximate surface area is 129 Å². The van der Waals surface area contributed by atoms with Crippen molar-refractivity contribution in [2.45, 2.75) is 49.3 Å². The van der Waals surface area contributed by atoms with Crippen molar-refractivity contribution >= 4 is 33.5 Å². The summed E-state index contributed by atoms with van der Waals surface area (Å²) in [6.45, 7) is 0. The van der Waals surface area contributed by atoms with Gasteiger partial charge in [0.25, 0.3) is 0 Å². The molecule has 2 rings (SSSR count). The Morgan fingerprint density at radius 1 is 1.24 bits per heavy atom. The fourth-order valence-electron chi connectivity index (χ4n) is 2.94. The zero-order valence-electron chi connectivity index (χ0n) is 11.8. The molecule has 1 saturated heterocycles. The SMILES string of the molecule is O=C(CSC1CCS(=O)(=O)C1)NC1(C(=O)O)CCCCC1. The van der Waals surface area contributed by atoms with E-state index in [4.69, 9.17) is 0 Å². The molecule has 2 N–H and O–H groups in total. The number of carbonyl (C=O) groups is 2. The molecule has 2 aliphatic rings. The molecule has 0 aromatic carbocycles. The van der Waals surface area contributed by atoms with Crippen molar-refractivity contribution in [1.29, 1.82) is 0 Å². The van der Waals surface area contributed by atoms with Crippen LogP contribution >= 0.6 is 11.8 Å². The number of carboxylic acids is 1. The van der Waals surface area contributed by atoms with Gasteiger partial charge in [-0.15, -0.1) is 11.8 Å². The molecule has 120 valence electrons. The predicted molar refractivity (Wildman–Crippen MR) is 81.1 cm³/mol. The summed E-state index contributed by atoms with van der Waals surface area (Å²) in [5, 5.41) is 12.0. The first-order chi connectivity index (χ1) is 9.83. The molecule has 1 atom stereocenters. The number of hydrogen-bond acceptors (Lipinski definition) is 5. The highest BCUT2D eigenvalue weighted by molar-refractivity contribution is 8.02. The first-order valence-electron chi connectivity index (χ1n) is 7.19. The van der Waals surface area contributed by atoms with Crippen molar-refractivity contribution < 1.29 is 23.1 Å². The van der Waals surface area contributed by atoms with Crippen LogP contribution in [0.3, 0.4) is 0 Å². The van der Waals surface area contributed by atoms with Gasteiger partial charge in [-0.3, -0.25) is 4.79 Å². The number of hydrogen-bond donors (Lipinski definition) is 2. The van der Waals surface area contributed by atoms with Gasteiger partial charge >= 0.3 is 5.97 Å². The van der Waals surface area contributed by atoms with Gasteiger partial charge in [-0.25, -0.2) is 13.2 Å². The first kappa shape index (κ1) is 16.6. The molecule has 0 bridgehead atoms. The maximum atomic E-state index is 12.0. The fraction of sp³-hybridized carbons (Fsp3) is 0.846. The van der Waals surface area contributed by atoms with E-state index in [1.54, 1.807) is 0 Å². The van der Waals surface area contributed by atoms with Crippen LogP contribution in [0.25, 0.3) is 0 Å². The Bertz CT molecular complexity index is 511. The second-order valence-corrected chi connectivity index (χ2v) is 9.35. The van der Waals surface area contributed by atoms with E-state index in [9.17, 15) is 23.1 Å². The molecular formula is C13H21NO5S2. The molecule has 1 aliphatic carbocycles. The average molecular weight is 335 g/mol. The van der Waals surface area contributed by atoms with E-state index in [0.29, 0.717) is 19.3 Å². The van der Waals surface area contributed by atoms with Gasteiger partial charge < -0.3 is 10.4 Å². The molecule has 8 heteroatoms. The number of aliphatic carboxylic acids is 1. The van der Waals surface area contributed by atoms with Crippen molar-refractivity contribution in [2.75, 3.05) is 17.3 Å². The summed E-state index contributed by atoms with van der Waals surface area (Å²) in [7, 11) is -2.94. The Morgan fingerprint density at radius 2 is 1.90 bits per heavy atom. The van der Waals surface area contributed by atoms with E-state index in [0.717, 1.165) is 19.3 Å². The Hall–Kier alpha value is -0.760. The monoisotopic (exact) mass is 335 g/mol. The molecular weight excluding hydrogens is 314 g/mol. The second kappa shape index (κ2) is 6.56. The summed E-state index contributed by atoms with van der Waals surface area (Å²) < 4.78 is 22.7. The van der Waals surface area contributed by atoms with Gasteiger partial charge in [0.2, 0.25) is 5.91 Å². The van der Waals surface area contributed by atoms with Crippen LogP contribution < -0.4 is 5.32 Å². The van der Waals surface area contributed by atoms with Crippen LogP contribution in [-0.4, -0.2) is 53.4 Å². The topological polar surface area (TPSA) is 101 Å². The van der Waals surface area contributed by atoms with Crippen LogP contribution in [0.15, 0.2) is 0 Å². The highest BCUT2D eigenvalue weighted by Gasteiger charge is 2.41. The fourth-order valence-corrected chi connectivity index (χ4v) is 6.38. The Morgan fingerprint density at radius 3 is 2.43 bits per heavy atom. The zero-order valence-corrected chi connectivity index (χ0v) is 13.5. The third-order valence-electron chi connectivity index (χ3n) is 4.14. The Balaban J connectivity index is 1.84. The molecule has 21 heavy (non-hydrogen) atoms. The molecule has 1 saturated carbocycles. The van der Waals surface area contributed by atoms with Crippen LogP contribution in [0, 0.1) is 0 Å². The van der Waals surface area contributed by atoms with E-state index < -0.39 is 21.3 Å². The van der Waals surface area contributed by atoms with Crippen LogP contribution in [0.4, 0.5) is 0 Å². The molecule has 0 aromatic rings. The maximum absolute atomic E-state index is 12.0. The van der Waals surface area contributed by atoms with Crippen LogP contribution in [-0.2, 0) is 19.4 Å². The largest absolute Gasteiger partial charge is 0.480 e. The lowest BCUT2D eigenvalue weighted by Gasteiger charge is -2.34. The average Bonchev–Trinajstić information content (AvgIpc) is 2.77. The smallest absolute Gasteiger partial charge is 0.329 e. The van der Waals surface area contributed by atoms with Gasteiger partial charge in [-0.1, -0.05) is 19.3 Å². The maximum Gasteiger partial charge on any atom is 0.329 e. The molecule has 1 unspecified atom stereocenters. The Kier molecular flexibility index (Phi) is 5.19. The summed E-state index contributed by atoms with van der Waals surface area (Å²) in [6.07, 6.45) is 4.12. The van der Waals surface area contributed by atoms with E-state index in [2.05, 4.69) is 5.32 Å². The molecule has 2 fully saturated rings. The minimum Gasteiger partial charge on any atom is -0.480 e. The molecule has 1 heterocycles. The zero-order chi connectivity index (χ0) is 15.5. The van der Waals surface area contributed by atoms with Gasteiger partial charge in [0.05, 0.1) is 17.3 Å². The van der Waals surface area contributed by atoms with Gasteiger partial charge in [-0.05, 0) is 19.3 Å². The lowest BCUT2D eigenvalue weighted by molar-refractivity contribution is -0.148. The molecule has 0 aromatic heterocycles. The number of carbonyl (C=O) groups excluding carboxylic acids is 1. The van der Waals surface area contributed by atoms with Gasteiger partial charge in [-0.2, -0.15) is 0 Å². The summed E-state index contributed by atoms with van der Waals surface area (Å²) in [6, 6.07) is 0. The molecule has 1 amide bonds. The third kappa shape index (κ3) is 4.35. The lowest BCUT2D eigenvalue weighted by atomic mass is 9.81. The van der Waals surface area contributed by atoms with Crippen molar-refractivity contribution in [3.63, 3.8) is 0 Å². The predicted octanol–water partition coefficient (Wildman–Crippen LogP) is 0.810. The molecule has 0 radical (unpaired) electrons. The van der Waals surface area contributed by atoms with E-state index >= 15 is 0 Å². The number of amides is 1. The van der Waals surface area contributed by atoms with Crippen molar-refractivity contribution in [2.24, 2.45) is 0 Å². The van der Waals surface area contributed by atoms with E-state index in [1.165, 1.54) is 11.8 Å². The first-order valence-corrected chi connectivity index (χ1v) is 10.1. The summed E-state index contributed by atoms with van der Waals surface area (Å²) in [5.41, 5.74) is -1.13. The summed E-state index contributed by atoms with van der Waals surface area (Å²) in [5.74, 6) is -0.854. The summed E-state index contributed by atoms with van der Waals surface area (Å²) in [4.78, 5) is 23.5.